The van der Waals surface area contributed by atoms with Gasteiger partial charge in [0, 0.05) is 12.8 Å². The van der Waals surface area contributed by atoms with Crippen molar-refractivity contribution in [2.24, 2.45) is 5.16 Å². The van der Waals surface area contributed by atoms with Crippen molar-refractivity contribution in [1.29, 1.82) is 0 Å². The zero-order valence-corrected chi connectivity index (χ0v) is 13.7. The Morgan fingerprint density at radius 3 is 1.65 bits per heavy atom. The summed E-state index contributed by atoms with van der Waals surface area (Å²) in [6.45, 7) is 4.18. The summed E-state index contributed by atoms with van der Waals surface area (Å²) in [5.74, 6) is 0. The molecule has 0 unspecified atom stereocenters. The molecule has 1 N–H and O–H groups in total. The molecule has 118 valence electrons. The second-order valence-electron chi connectivity index (χ2n) is 5.59. The number of hydrogen-bond acceptors (Lipinski definition) is 2. The Morgan fingerprint density at radius 2 is 1.26 bits per heavy atom. The van der Waals surface area contributed by atoms with Gasteiger partial charge in [-0.15, -0.1) is 0 Å². The first-order chi connectivity index (χ1) is 11.2. The molecule has 2 aromatic carbocycles. The van der Waals surface area contributed by atoms with Crippen LogP contribution in [0.25, 0.3) is 12.2 Å². The molecule has 0 saturated carbocycles. The second kappa shape index (κ2) is 8.74. The Labute approximate surface area is 138 Å². The lowest BCUT2D eigenvalue weighted by atomic mass is 10.1. The van der Waals surface area contributed by atoms with E-state index in [1.807, 2.05) is 36.4 Å². The first-order valence-corrected chi connectivity index (χ1v) is 7.85. The Hall–Kier alpha value is -2.61. The minimum Gasteiger partial charge on any atom is -0.411 e. The molecule has 0 aromatic heterocycles. The molecule has 0 aliphatic heterocycles. The number of aryl methyl sites for hydroxylation is 2. The van der Waals surface area contributed by atoms with Crippen molar-refractivity contribution in [1.82, 2.24) is 0 Å². The molecular weight excluding hydrogens is 282 g/mol. The molecular formula is C21H23NO. The van der Waals surface area contributed by atoms with Crippen LogP contribution in [0, 0.1) is 13.8 Å². The van der Waals surface area contributed by atoms with Gasteiger partial charge in [-0.3, -0.25) is 0 Å². The van der Waals surface area contributed by atoms with Gasteiger partial charge in [-0.1, -0.05) is 78.0 Å². The van der Waals surface area contributed by atoms with Crippen LogP contribution in [0.15, 0.2) is 65.8 Å². The van der Waals surface area contributed by atoms with E-state index in [0.29, 0.717) is 12.8 Å². The van der Waals surface area contributed by atoms with Crippen LogP contribution in [0.3, 0.4) is 0 Å². The van der Waals surface area contributed by atoms with Gasteiger partial charge in [0.1, 0.15) is 0 Å². The van der Waals surface area contributed by atoms with Gasteiger partial charge < -0.3 is 5.21 Å². The molecule has 2 heteroatoms. The van der Waals surface area contributed by atoms with Crippen LogP contribution >= 0.6 is 0 Å². The Morgan fingerprint density at radius 1 is 0.826 bits per heavy atom. The van der Waals surface area contributed by atoms with Gasteiger partial charge >= 0.3 is 0 Å². The maximum Gasteiger partial charge on any atom is 0.0646 e. The third kappa shape index (κ3) is 5.26. The Kier molecular flexibility index (Phi) is 6.37. The number of allylic oxidation sites excluding steroid dienone is 2. The number of hydrogen-bond donors (Lipinski definition) is 1. The number of oxime groups is 1. The molecule has 0 saturated heterocycles. The van der Waals surface area contributed by atoms with E-state index < -0.39 is 0 Å². The highest BCUT2D eigenvalue weighted by atomic mass is 16.4. The highest BCUT2D eigenvalue weighted by molar-refractivity contribution is 5.87. The van der Waals surface area contributed by atoms with E-state index in [2.05, 4.69) is 55.4 Å². The molecule has 2 nitrogen and oxygen atoms in total. The van der Waals surface area contributed by atoms with E-state index in [1.54, 1.807) is 0 Å². The summed E-state index contributed by atoms with van der Waals surface area (Å²) in [4.78, 5) is 0. The molecule has 0 aliphatic carbocycles. The van der Waals surface area contributed by atoms with Crippen LogP contribution in [0.5, 0.6) is 0 Å². The molecule has 0 bridgehead atoms. The van der Waals surface area contributed by atoms with Gasteiger partial charge in [0.2, 0.25) is 0 Å². The quantitative estimate of drug-likeness (QED) is 0.418. The van der Waals surface area contributed by atoms with Crippen molar-refractivity contribution in [2.75, 3.05) is 0 Å². The Balaban J connectivity index is 1.91. The van der Waals surface area contributed by atoms with Crippen molar-refractivity contribution in [3.8, 4) is 0 Å². The van der Waals surface area contributed by atoms with Crippen LogP contribution in [-0.2, 0) is 0 Å². The highest BCUT2D eigenvalue weighted by Gasteiger charge is 1.97. The summed E-state index contributed by atoms with van der Waals surface area (Å²) in [6.07, 6.45) is 9.51. The molecule has 2 rings (SSSR count). The largest absolute Gasteiger partial charge is 0.411 e. The van der Waals surface area contributed by atoms with Crippen molar-refractivity contribution in [3.63, 3.8) is 0 Å². The second-order valence-corrected chi connectivity index (χ2v) is 5.59. The van der Waals surface area contributed by atoms with Gasteiger partial charge in [-0.05, 0) is 36.1 Å². The first-order valence-electron chi connectivity index (χ1n) is 7.85. The van der Waals surface area contributed by atoms with E-state index in [9.17, 15) is 0 Å². The van der Waals surface area contributed by atoms with Gasteiger partial charge in [0.25, 0.3) is 0 Å². The summed E-state index contributed by atoms with van der Waals surface area (Å²) >= 11 is 0. The Bertz CT molecular complexity index is 667. The molecule has 23 heavy (non-hydrogen) atoms. The lowest BCUT2D eigenvalue weighted by molar-refractivity contribution is 0.317. The smallest absolute Gasteiger partial charge is 0.0646 e. The van der Waals surface area contributed by atoms with Gasteiger partial charge in [-0.2, -0.15) is 0 Å². The van der Waals surface area contributed by atoms with Crippen molar-refractivity contribution in [3.05, 3.63) is 82.9 Å². The lowest BCUT2D eigenvalue weighted by Crippen LogP contribution is -1.94. The van der Waals surface area contributed by atoms with E-state index in [4.69, 9.17) is 5.21 Å². The maximum atomic E-state index is 9.15. The van der Waals surface area contributed by atoms with Crippen molar-refractivity contribution < 1.29 is 5.21 Å². The number of rotatable bonds is 6. The predicted octanol–water partition coefficient (Wildman–Crippen LogP) is 5.64. The minimum atomic E-state index is 0.642. The van der Waals surface area contributed by atoms with Crippen molar-refractivity contribution in [2.45, 2.75) is 26.7 Å². The number of nitrogens with zero attached hydrogens (tertiary/aromatic N) is 1. The third-order valence-electron chi connectivity index (χ3n) is 3.82. The zero-order chi connectivity index (χ0) is 16.5. The fourth-order valence-electron chi connectivity index (χ4n) is 2.36. The van der Waals surface area contributed by atoms with Crippen LogP contribution in [0.2, 0.25) is 0 Å². The maximum absolute atomic E-state index is 9.15. The van der Waals surface area contributed by atoms with Crippen LogP contribution in [-0.4, -0.2) is 10.9 Å². The molecule has 0 atom stereocenters. The molecule has 0 radical (unpaired) electrons. The molecule has 0 heterocycles. The molecule has 0 amide bonds. The van der Waals surface area contributed by atoms with Crippen LogP contribution < -0.4 is 0 Å². The summed E-state index contributed by atoms with van der Waals surface area (Å²) in [5, 5.41) is 12.6. The summed E-state index contributed by atoms with van der Waals surface area (Å²) in [6, 6.07) is 16.5. The minimum absolute atomic E-state index is 0.642. The van der Waals surface area contributed by atoms with Gasteiger partial charge in [0.15, 0.2) is 0 Å². The summed E-state index contributed by atoms with van der Waals surface area (Å²) in [5.41, 5.74) is 5.62. The monoisotopic (exact) mass is 305 g/mol. The summed E-state index contributed by atoms with van der Waals surface area (Å²) < 4.78 is 0. The first kappa shape index (κ1) is 16.8. The van der Waals surface area contributed by atoms with E-state index in [1.165, 1.54) is 22.3 Å². The topological polar surface area (TPSA) is 32.6 Å². The number of benzene rings is 2. The van der Waals surface area contributed by atoms with Crippen LogP contribution in [0.4, 0.5) is 0 Å². The predicted molar refractivity (Wildman–Crippen MR) is 98.9 cm³/mol. The average Bonchev–Trinajstić information content (AvgIpc) is 2.56. The molecule has 0 spiro atoms. The SMILES string of the molecule is Cc1ccccc1C=CCC(CC=Cc1ccccc1C)=NO. The lowest BCUT2D eigenvalue weighted by Gasteiger charge is -2.00. The normalized spacial score (nSPS) is 11.2. The fourth-order valence-corrected chi connectivity index (χ4v) is 2.36. The average molecular weight is 305 g/mol. The van der Waals surface area contributed by atoms with E-state index in [0.717, 1.165) is 5.71 Å². The standard InChI is InChI=1S/C21H23NO/c1-17-9-3-5-11-19(17)13-7-15-21(22-23)16-8-14-20-12-6-4-10-18(20)2/h3-14,23H,15-16H2,1-2H3. The van der Waals surface area contributed by atoms with Crippen molar-refractivity contribution >= 4 is 17.9 Å². The molecule has 2 aromatic rings. The molecule has 0 aliphatic rings. The van der Waals surface area contributed by atoms with Crippen LogP contribution in [0.1, 0.15) is 35.1 Å². The summed E-state index contributed by atoms with van der Waals surface area (Å²) in [7, 11) is 0. The van der Waals surface area contributed by atoms with E-state index in [-0.39, 0.29) is 0 Å². The van der Waals surface area contributed by atoms with E-state index >= 15 is 0 Å². The fraction of sp³-hybridized carbons (Fsp3) is 0.190. The highest BCUT2D eigenvalue weighted by Crippen LogP contribution is 2.11. The van der Waals surface area contributed by atoms with Gasteiger partial charge in [-0.25, -0.2) is 0 Å². The third-order valence-corrected chi connectivity index (χ3v) is 3.82. The molecule has 0 fully saturated rings. The zero-order valence-electron chi connectivity index (χ0n) is 13.7. The van der Waals surface area contributed by atoms with Gasteiger partial charge in [0.05, 0.1) is 5.71 Å².